The molecule has 0 bridgehead atoms. The van der Waals surface area contributed by atoms with Crippen molar-refractivity contribution >= 4 is 21.9 Å². The summed E-state index contributed by atoms with van der Waals surface area (Å²) in [6, 6.07) is 6.49. The number of esters is 1. The lowest BCUT2D eigenvalue weighted by molar-refractivity contribution is -0.140. The van der Waals surface area contributed by atoms with Gasteiger partial charge < -0.3 is 4.74 Å². The molecule has 8 atom stereocenters. The molecule has 214 valence electrons. The fourth-order valence-electron chi connectivity index (χ4n) is 9.69. The van der Waals surface area contributed by atoms with E-state index in [1.54, 1.807) is 18.2 Å². The molecule has 0 amide bonds. The fourth-order valence-corrected chi connectivity index (χ4v) is 9.96. The number of ether oxygens (including phenoxy) is 1. The number of allylic oxidation sites excluding steroid dienone is 2. The van der Waals surface area contributed by atoms with E-state index in [9.17, 15) is 9.59 Å². The number of carbonyl (C=O) groups excluding carboxylic acids is 1. The summed E-state index contributed by atoms with van der Waals surface area (Å²) in [5.74, 6) is 4.62. The van der Waals surface area contributed by atoms with Crippen LogP contribution in [0.15, 0.2) is 45.2 Å². The fraction of sp³-hybridized carbons (Fsp3) is 0.714. The van der Waals surface area contributed by atoms with E-state index < -0.39 is 0 Å². The normalized spacial score (nSPS) is 36.4. The Labute approximate surface area is 244 Å². The van der Waals surface area contributed by atoms with Crippen LogP contribution in [0.1, 0.15) is 105 Å². The zero-order chi connectivity index (χ0) is 27.9. The quantitative estimate of drug-likeness (QED) is 0.232. The molecule has 0 unspecified atom stereocenters. The number of hydrogen-bond acceptors (Lipinski definition) is 3. The van der Waals surface area contributed by atoms with E-state index in [2.05, 4.69) is 56.6 Å². The lowest BCUT2D eigenvalue weighted by Crippen LogP contribution is -2.51. The number of carbonyl (C=O) groups is 1. The zero-order valence-corrected chi connectivity index (χ0v) is 26.4. The highest BCUT2D eigenvalue weighted by Gasteiger charge is 2.59. The molecular weight excluding hydrogens is 548 g/mol. The minimum Gasteiger partial charge on any atom is -0.422 e. The molecule has 4 heteroatoms. The highest BCUT2D eigenvalue weighted by molar-refractivity contribution is 9.10. The summed E-state index contributed by atoms with van der Waals surface area (Å²) in [6.07, 6.45) is 16.1. The second kappa shape index (κ2) is 11.5. The maximum Gasteiger partial charge on any atom is 0.314 e. The molecule has 3 nitrogen and oxygen atoms in total. The van der Waals surface area contributed by atoms with Crippen LogP contribution in [0.2, 0.25) is 0 Å². The SMILES string of the molecule is CC(C)CCC[C@@H](C)[C@H]1CC[C@H]2[C@@H]3CC=C4C[C@@H](C(=O)Oc5ccc(Br)ccc5=O)CC[C@]4(C)[C@H]3CC[C@]12C. The van der Waals surface area contributed by atoms with E-state index >= 15 is 0 Å². The summed E-state index contributed by atoms with van der Waals surface area (Å²) < 4.78 is 6.45. The minimum atomic E-state index is -0.260. The van der Waals surface area contributed by atoms with E-state index in [1.165, 1.54) is 63.0 Å². The molecule has 1 aromatic rings. The van der Waals surface area contributed by atoms with Gasteiger partial charge in [-0.15, -0.1) is 0 Å². The van der Waals surface area contributed by atoms with Gasteiger partial charge in [0.1, 0.15) is 0 Å². The Morgan fingerprint density at radius 3 is 2.54 bits per heavy atom. The van der Waals surface area contributed by atoms with Crippen molar-refractivity contribution in [2.45, 2.75) is 105 Å². The molecule has 3 saturated carbocycles. The second-order valence-electron chi connectivity index (χ2n) is 14.4. The van der Waals surface area contributed by atoms with Crippen LogP contribution in [0.4, 0.5) is 0 Å². The third-order valence-corrected chi connectivity index (χ3v) is 12.4. The Balaban J connectivity index is 1.27. The maximum absolute atomic E-state index is 13.2. The van der Waals surface area contributed by atoms with E-state index in [0.717, 1.165) is 59.2 Å². The van der Waals surface area contributed by atoms with E-state index in [-0.39, 0.29) is 28.5 Å². The van der Waals surface area contributed by atoms with Crippen LogP contribution >= 0.6 is 15.9 Å². The van der Waals surface area contributed by atoms with Crippen LogP contribution < -0.4 is 10.2 Å². The van der Waals surface area contributed by atoms with Crippen molar-refractivity contribution < 1.29 is 9.53 Å². The molecule has 1 aromatic carbocycles. The van der Waals surface area contributed by atoms with Crippen molar-refractivity contribution in [2.75, 3.05) is 0 Å². The van der Waals surface area contributed by atoms with Crippen molar-refractivity contribution in [3.8, 4) is 5.75 Å². The summed E-state index contributed by atoms with van der Waals surface area (Å²) in [7, 11) is 0. The standard InChI is InChI=1S/C35H49BrO3/c1-22(2)7-6-8-23(3)28-13-14-29-27-12-9-25-21-24(17-19-34(25,4)30(27)18-20-35(28,29)5)33(38)39-32-16-11-26(36)10-15-31(32)37/h9-11,15-16,22-24,27-30H,6-8,12-14,17-21H2,1-5H3/t23-,24+,27+,28-,29+,30+,34+,35-/m1/s1. The van der Waals surface area contributed by atoms with Gasteiger partial charge in [0, 0.05) is 4.47 Å². The number of hydrogen-bond donors (Lipinski definition) is 0. The molecule has 0 aromatic heterocycles. The molecule has 0 N–H and O–H groups in total. The highest BCUT2D eigenvalue weighted by atomic mass is 79.9. The Morgan fingerprint density at radius 2 is 1.77 bits per heavy atom. The van der Waals surface area contributed by atoms with Crippen molar-refractivity contribution in [1.82, 2.24) is 0 Å². The first-order valence-electron chi connectivity index (χ1n) is 15.7. The molecular formula is C35H49BrO3. The average molecular weight is 598 g/mol. The molecule has 0 saturated heterocycles. The Kier molecular flexibility index (Phi) is 8.54. The third-order valence-electron chi connectivity index (χ3n) is 11.9. The van der Waals surface area contributed by atoms with Gasteiger partial charge in [0.15, 0.2) is 5.75 Å². The van der Waals surface area contributed by atoms with Gasteiger partial charge in [0.2, 0.25) is 5.43 Å². The third kappa shape index (κ3) is 5.57. The second-order valence-corrected chi connectivity index (χ2v) is 15.3. The lowest BCUT2D eigenvalue weighted by atomic mass is 9.46. The van der Waals surface area contributed by atoms with Gasteiger partial charge in [-0.1, -0.05) is 81.5 Å². The molecule has 0 radical (unpaired) electrons. The largest absolute Gasteiger partial charge is 0.422 e. The molecule has 3 fully saturated rings. The maximum atomic E-state index is 13.2. The Bertz CT molecular complexity index is 1160. The van der Waals surface area contributed by atoms with Gasteiger partial charge in [-0.05, 0) is 122 Å². The number of halogens is 1. The van der Waals surface area contributed by atoms with Crippen LogP contribution in [-0.2, 0) is 4.79 Å². The highest BCUT2D eigenvalue weighted by Crippen LogP contribution is 2.67. The van der Waals surface area contributed by atoms with E-state index in [4.69, 9.17) is 4.74 Å². The van der Waals surface area contributed by atoms with Gasteiger partial charge in [0.25, 0.3) is 0 Å². The van der Waals surface area contributed by atoms with E-state index in [1.807, 2.05) is 0 Å². The predicted octanol–water partition coefficient (Wildman–Crippen LogP) is 9.37. The molecule has 0 heterocycles. The Hall–Kier alpha value is -1.42. The van der Waals surface area contributed by atoms with Gasteiger partial charge in [-0.25, -0.2) is 0 Å². The first-order valence-corrected chi connectivity index (χ1v) is 16.5. The molecule has 39 heavy (non-hydrogen) atoms. The van der Waals surface area contributed by atoms with Crippen molar-refractivity contribution in [2.24, 2.45) is 52.3 Å². The minimum absolute atomic E-state index is 0.123. The summed E-state index contributed by atoms with van der Waals surface area (Å²) >= 11 is 3.38. The molecule has 0 spiro atoms. The van der Waals surface area contributed by atoms with Crippen molar-refractivity contribution in [1.29, 1.82) is 0 Å². The summed E-state index contributed by atoms with van der Waals surface area (Å²) in [5, 5.41) is 0. The van der Waals surface area contributed by atoms with Gasteiger partial charge >= 0.3 is 5.97 Å². The molecule has 5 rings (SSSR count). The van der Waals surface area contributed by atoms with Crippen molar-refractivity contribution in [3.05, 3.63) is 50.6 Å². The average Bonchev–Trinajstić information content (AvgIpc) is 3.17. The van der Waals surface area contributed by atoms with Crippen LogP contribution in [0, 0.1) is 52.3 Å². The first-order chi connectivity index (χ1) is 18.5. The molecule has 4 aliphatic carbocycles. The van der Waals surface area contributed by atoms with E-state index in [0.29, 0.717) is 5.41 Å². The summed E-state index contributed by atoms with van der Waals surface area (Å²) in [5.41, 5.74) is 1.93. The monoisotopic (exact) mass is 596 g/mol. The van der Waals surface area contributed by atoms with Crippen LogP contribution in [-0.4, -0.2) is 5.97 Å². The van der Waals surface area contributed by atoms with Gasteiger partial charge in [0.05, 0.1) is 5.92 Å². The first kappa shape index (κ1) is 29.1. The van der Waals surface area contributed by atoms with Crippen molar-refractivity contribution in [3.63, 3.8) is 0 Å². The number of rotatable bonds is 7. The van der Waals surface area contributed by atoms with Crippen LogP contribution in [0.25, 0.3) is 0 Å². The smallest absolute Gasteiger partial charge is 0.314 e. The summed E-state index contributed by atoms with van der Waals surface area (Å²) in [4.78, 5) is 25.5. The molecule has 0 aliphatic heterocycles. The topological polar surface area (TPSA) is 43.4 Å². The van der Waals surface area contributed by atoms with Gasteiger partial charge in [-0.2, -0.15) is 0 Å². The zero-order valence-electron chi connectivity index (χ0n) is 24.8. The van der Waals surface area contributed by atoms with Crippen LogP contribution in [0.5, 0.6) is 5.75 Å². The lowest BCUT2D eigenvalue weighted by Gasteiger charge is -2.58. The van der Waals surface area contributed by atoms with Crippen LogP contribution in [0.3, 0.4) is 0 Å². The predicted molar refractivity (Wildman–Crippen MR) is 163 cm³/mol. The molecule has 4 aliphatic rings. The number of fused-ring (bicyclic) bond motifs is 5. The van der Waals surface area contributed by atoms with Gasteiger partial charge in [-0.3, -0.25) is 9.59 Å². The summed E-state index contributed by atoms with van der Waals surface area (Å²) in [6.45, 7) is 12.4. The Morgan fingerprint density at radius 1 is 1.00 bits per heavy atom.